The lowest BCUT2D eigenvalue weighted by Gasteiger charge is -2.30. The molecular formula is C21H39NO4. The summed E-state index contributed by atoms with van der Waals surface area (Å²) in [6.07, 6.45) is 16.5. The molecule has 0 bridgehead atoms. The topological polar surface area (TPSA) is 80.6 Å². The van der Waals surface area contributed by atoms with Crippen molar-refractivity contribution in [3.63, 3.8) is 0 Å². The molecule has 5 nitrogen and oxygen atoms in total. The zero-order chi connectivity index (χ0) is 19.8. The fourth-order valence-corrected chi connectivity index (χ4v) is 2.83. The van der Waals surface area contributed by atoms with Gasteiger partial charge in [0.05, 0.1) is 27.1 Å². The Bertz CT molecular complexity index is 413. The number of carbonyl (C=O) groups excluding carboxylic acids is 1. The highest BCUT2D eigenvalue weighted by atomic mass is 16.4. The summed E-state index contributed by atoms with van der Waals surface area (Å²) in [5.41, 5.74) is 0. The number of nitrogens with zero attached hydrogens (tertiary/aromatic N) is 1. The highest BCUT2D eigenvalue weighted by Gasteiger charge is 2.23. The van der Waals surface area contributed by atoms with Gasteiger partial charge < -0.3 is 24.6 Å². The molecule has 2 atom stereocenters. The van der Waals surface area contributed by atoms with Crippen molar-refractivity contribution in [1.29, 1.82) is 0 Å². The summed E-state index contributed by atoms with van der Waals surface area (Å²) in [5, 5.41) is 30.0. The number of aliphatic hydroxyl groups is 2. The van der Waals surface area contributed by atoms with E-state index in [-0.39, 0.29) is 0 Å². The van der Waals surface area contributed by atoms with Crippen LogP contribution in [0.3, 0.4) is 0 Å². The molecule has 0 fully saturated rings. The molecule has 0 heterocycles. The van der Waals surface area contributed by atoms with Gasteiger partial charge in [-0.1, -0.05) is 62.8 Å². The number of aliphatic hydroxyl groups excluding tert-OH is 2. The van der Waals surface area contributed by atoms with E-state index in [1.165, 1.54) is 38.2 Å². The molecular weight excluding hydrogens is 330 g/mol. The second-order valence-corrected chi connectivity index (χ2v) is 8.04. The first-order valence-corrected chi connectivity index (χ1v) is 9.91. The van der Waals surface area contributed by atoms with Crippen LogP contribution in [0.15, 0.2) is 24.3 Å². The highest BCUT2D eigenvalue weighted by molar-refractivity contribution is 5.70. The molecule has 0 aromatic carbocycles. The van der Waals surface area contributed by atoms with Crippen LogP contribution in [0.25, 0.3) is 0 Å². The quantitative estimate of drug-likeness (QED) is 0.248. The van der Waals surface area contributed by atoms with Crippen LogP contribution < -0.4 is 5.11 Å². The number of unbranched alkanes of at least 4 members (excludes halogenated alkanes) is 8. The molecule has 5 heteroatoms. The summed E-state index contributed by atoms with van der Waals surface area (Å²) in [4.78, 5) is 11.2. The normalized spacial score (nSPS) is 15.0. The molecule has 2 unspecified atom stereocenters. The first kappa shape index (κ1) is 24.8. The van der Waals surface area contributed by atoms with Crippen LogP contribution >= 0.6 is 0 Å². The Kier molecular flexibility index (Phi) is 14.3. The van der Waals surface area contributed by atoms with Gasteiger partial charge in [0.15, 0.2) is 0 Å². The Morgan fingerprint density at radius 1 is 0.962 bits per heavy atom. The lowest BCUT2D eigenvalue weighted by atomic mass is 10.0. The Balaban J connectivity index is 3.91. The van der Waals surface area contributed by atoms with Crippen molar-refractivity contribution in [2.24, 2.45) is 5.92 Å². The average Bonchev–Trinajstić information content (AvgIpc) is 2.53. The Labute approximate surface area is 159 Å². The van der Waals surface area contributed by atoms with Crippen LogP contribution in [-0.2, 0) is 4.79 Å². The van der Waals surface area contributed by atoms with E-state index >= 15 is 0 Å². The van der Waals surface area contributed by atoms with Crippen LogP contribution in [0.4, 0.5) is 0 Å². The predicted octanol–water partition coefficient (Wildman–Crippen LogP) is 2.04. The zero-order valence-corrected chi connectivity index (χ0v) is 16.9. The largest absolute Gasteiger partial charge is 0.549 e. The SMILES string of the molecule is C[N+](C)(C)CC(O)C(C=CC=CCCCCCCCCCCO)C(=O)[O-]. The predicted molar refractivity (Wildman–Crippen MR) is 104 cm³/mol. The van der Waals surface area contributed by atoms with Crippen LogP contribution in [0.1, 0.15) is 57.8 Å². The molecule has 0 saturated heterocycles. The van der Waals surface area contributed by atoms with Crippen molar-refractivity contribution in [2.45, 2.75) is 63.9 Å². The van der Waals surface area contributed by atoms with E-state index in [4.69, 9.17) is 5.11 Å². The minimum atomic E-state index is -1.24. The van der Waals surface area contributed by atoms with Gasteiger partial charge in [0, 0.05) is 12.5 Å². The van der Waals surface area contributed by atoms with Crippen LogP contribution in [0, 0.1) is 5.92 Å². The van der Waals surface area contributed by atoms with E-state index in [0.717, 1.165) is 25.7 Å². The fourth-order valence-electron chi connectivity index (χ4n) is 2.83. The van der Waals surface area contributed by atoms with E-state index in [9.17, 15) is 15.0 Å². The van der Waals surface area contributed by atoms with Crippen molar-refractivity contribution in [3.8, 4) is 0 Å². The van der Waals surface area contributed by atoms with E-state index in [1.54, 1.807) is 6.08 Å². The van der Waals surface area contributed by atoms with Gasteiger partial charge >= 0.3 is 0 Å². The first-order chi connectivity index (χ1) is 12.3. The molecule has 0 aliphatic rings. The maximum Gasteiger partial charge on any atom is 0.114 e. The van der Waals surface area contributed by atoms with Crippen LogP contribution in [0.2, 0.25) is 0 Å². The summed E-state index contributed by atoms with van der Waals surface area (Å²) in [7, 11) is 5.73. The lowest BCUT2D eigenvalue weighted by molar-refractivity contribution is -0.873. The Hall–Kier alpha value is -1.17. The number of rotatable bonds is 16. The highest BCUT2D eigenvalue weighted by Crippen LogP contribution is 2.11. The second-order valence-electron chi connectivity index (χ2n) is 8.04. The molecule has 2 N–H and O–H groups in total. The number of carboxylic acids is 1. The maximum atomic E-state index is 11.2. The van der Waals surface area contributed by atoms with Crippen LogP contribution in [-0.4, -0.2) is 61.1 Å². The van der Waals surface area contributed by atoms with Gasteiger partial charge in [-0.3, -0.25) is 0 Å². The molecule has 0 aromatic rings. The Morgan fingerprint density at radius 3 is 2.00 bits per heavy atom. The lowest BCUT2D eigenvalue weighted by Crippen LogP contribution is -2.47. The number of hydrogen-bond donors (Lipinski definition) is 2. The third kappa shape index (κ3) is 15.1. The number of aliphatic carboxylic acids is 1. The van der Waals surface area contributed by atoms with Crippen molar-refractivity contribution in [2.75, 3.05) is 34.3 Å². The third-order valence-electron chi connectivity index (χ3n) is 4.27. The number of quaternary nitrogens is 1. The minimum absolute atomic E-state index is 0.305. The molecule has 0 aromatic heterocycles. The number of hydrogen-bond acceptors (Lipinski definition) is 4. The van der Waals surface area contributed by atoms with Crippen molar-refractivity contribution in [1.82, 2.24) is 0 Å². The summed E-state index contributed by atoms with van der Waals surface area (Å²) in [6, 6.07) is 0. The van der Waals surface area contributed by atoms with Gasteiger partial charge in [-0.25, -0.2) is 0 Å². The number of carboxylic acid groups (broad SMARTS) is 1. The van der Waals surface area contributed by atoms with Crippen molar-refractivity contribution < 1.29 is 24.6 Å². The molecule has 0 amide bonds. The molecule has 0 spiro atoms. The van der Waals surface area contributed by atoms with Gasteiger partial charge in [0.25, 0.3) is 0 Å². The molecule has 0 aliphatic carbocycles. The third-order valence-corrected chi connectivity index (χ3v) is 4.27. The molecule has 0 rings (SSSR count). The molecule has 152 valence electrons. The zero-order valence-electron chi connectivity index (χ0n) is 16.9. The van der Waals surface area contributed by atoms with Gasteiger partial charge in [0.2, 0.25) is 0 Å². The maximum absolute atomic E-state index is 11.2. The minimum Gasteiger partial charge on any atom is -0.549 e. The van der Waals surface area contributed by atoms with Crippen LogP contribution in [0.5, 0.6) is 0 Å². The summed E-state index contributed by atoms with van der Waals surface area (Å²) in [6.45, 7) is 0.659. The molecule has 0 radical (unpaired) electrons. The summed E-state index contributed by atoms with van der Waals surface area (Å²) < 4.78 is 0.496. The standard InChI is InChI=1S/C21H39NO4/c1-22(2,3)18-20(24)19(21(25)26)16-14-12-10-8-6-4-5-7-9-11-13-15-17-23/h10,12,14,16,19-20,23-24H,4-9,11,13,15,17-18H2,1-3H3. The van der Waals surface area contributed by atoms with E-state index in [2.05, 4.69) is 0 Å². The van der Waals surface area contributed by atoms with E-state index < -0.39 is 18.0 Å². The second kappa shape index (κ2) is 14.9. The summed E-state index contributed by atoms with van der Waals surface area (Å²) in [5.74, 6) is -2.22. The fraction of sp³-hybridized carbons (Fsp3) is 0.762. The van der Waals surface area contributed by atoms with Gasteiger partial charge in [0.1, 0.15) is 12.6 Å². The van der Waals surface area contributed by atoms with Gasteiger partial charge in [-0.15, -0.1) is 0 Å². The monoisotopic (exact) mass is 369 g/mol. The van der Waals surface area contributed by atoms with Gasteiger partial charge in [-0.05, 0) is 19.3 Å². The van der Waals surface area contributed by atoms with Crippen molar-refractivity contribution >= 4 is 5.97 Å². The smallest absolute Gasteiger partial charge is 0.114 e. The van der Waals surface area contributed by atoms with Gasteiger partial charge in [-0.2, -0.15) is 0 Å². The number of allylic oxidation sites excluding steroid dienone is 3. The number of carbonyl (C=O) groups is 1. The molecule has 26 heavy (non-hydrogen) atoms. The Morgan fingerprint density at radius 2 is 1.50 bits per heavy atom. The first-order valence-electron chi connectivity index (χ1n) is 9.91. The molecule has 0 aliphatic heterocycles. The number of likely N-dealkylation sites (N-methyl/N-ethyl adjacent to an activating group) is 1. The average molecular weight is 370 g/mol. The van der Waals surface area contributed by atoms with E-state index in [1.807, 2.05) is 33.3 Å². The molecule has 0 saturated carbocycles. The van der Waals surface area contributed by atoms with Crippen molar-refractivity contribution in [3.05, 3.63) is 24.3 Å². The summed E-state index contributed by atoms with van der Waals surface area (Å²) >= 11 is 0. The van der Waals surface area contributed by atoms with E-state index in [0.29, 0.717) is 17.6 Å².